The quantitative estimate of drug-likeness (QED) is 0.757. The van der Waals surface area contributed by atoms with Gasteiger partial charge in [0.05, 0.1) is 18.4 Å². The lowest BCUT2D eigenvalue weighted by Crippen LogP contribution is -1.96. The molecule has 1 aromatic rings. The highest BCUT2D eigenvalue weighted by Crippen LogP contribution is 2.61. The predicted molar refractivity (Wildman–Crippen MR) is 42.6 cm³/mol. The van der Waals surface area contributed by atoms with Gasteiger partial charge in [0, 0.05) is 4.88 Å². The Kier molecular flexibility index (Phi) is 1.70. The van der Waals surface area contributed by atoms with Crippen LogP contribution < -0.4 is 0 Å². The lowest BCUT2D eigenvalue weighted by molar-refractivity contribution is 0.0787. The number of hydrogen-bond acceptors (Lipinski definition) is 2. The van der Waals surface area contributed by atoms with Crippen molar-refractivity contribution in [3.05, 3.63) is 22.4 Å². The van der Waals surface area contributed by atoms with E-state index in [1.165, 1.54) is 11.3 Å². The first-order valence-corrected chi connectivity index (χ1v) is 4.58. The molecule has 66 valence electrons. The van der Waals surface area contributed by atoms with Crippen LogP contribution in [0.2, 0.25) is 0 Å². The van der Waals surface area contributed by atoms with Crippen LogP contribution in [-0.2, 0) is 0 Å². The molecule has 0 aromatic carbocycles. The lowest BCUT2D eigenvalue weighted by Gasteiger charge is -1.90. The van der Waals surface area contributed by atoms with Gasteiger partial charge in [0.1, 0.15) is 0 Å². The Bertz CT molecular complexity index is 271. The average Bonchev–Trinajstić information content (AvgIpc) is 2.50. The summed E-state index contributed by atoms with van der Waals surface area (Å²) in [6.45, 7) is -0.421. The van der Waals surface area contributed by atoms with Gasteiger partial charge in [-0.25, -0.2) is 8.78 Å². The summed E-state index contributed by atoms with van der Waals surface area (Å²) in [4.78, 5) is 0.680. The van der Waals surface area contributed by atoms with E-state index in [0.717, 1.165) is 0 Å². The molecule has 0 radical (unpaired) electrons. The molecule has 0 spiro atoms. The normalized spacial score (nSPS) is 31.9. The molecule has 0 aliphatic heterocycles. The Balaban J connectivity index is 2.19. The van der Waals surface area contributed by atoms with Crippen molar-refractivity contribution in [1.29, 1.82) is 0 Å². The van der Waals surface area contributed by atoms with Crippen molar-refractivity contribution in [2.24, 2.45) is 5.92 Å². The maximum absolute atomic E-state index is 12.9. The van der Waals surface area contributed by atoms with E-state index in [-0.39, 0.29) is 0 Å². The summed E-state index contributed by atoms with van der Waals surface area (Å²) in [6.07, 6.45) is 0. The van der Waals surface area contributed by atoms with Gasteiger partial charge in [0.25, 0.3) is 5.92 Å². The number of rotatable bonds is 2. The molecule has 1 heterocycles. The zero-order chi connectivity index (χ0) is 8.77. The van der Waals surface area contributed by atoms with Crippen LogP contribution in [-0.4, -0.2) is 17.6 Å². The number of aliphatic hydroxyl groups excluding tert-OH is 1. The Morgan fingerprint density at radius 2 is 2.33 bits per heavy atom. The van der Waals surface area contributed by atoms with Crippen LogP contribution >= 0.6 is 11.3 Å². The monoisotopic (exact) mass is 190 g/mol. The molecule has 1 saturated carbocycles. The van der Waals surface area contributed by atoms with Crippen LogP contribution in [0.4, 0.5) is 8.78 Å². The number of halogens is 2. The van der Waals surface area contributed by atoms with E-state index in [1.807, 2.05) is 0 Å². The van der Waals surface area contributed by atoms with Gasteiger partial charge in [-0.3, -0.25) is 0 Å². The number of alkyl halides is 2. The van der Waals surface area contributed by atoms with Crippen LogP contribution in [0.15, 0.2) is 17.5 Å². The van der Waals surface area contributed by atoms with E-state index in [2.05, 4.69) is 0 Å². The van der Waals surface area contributed by atoms with Gasteiger partial charge in [-0.15, -0.1) is 11.3 Å². The minimum Gasteiger partial charge on any atom is -0.396 e. The molecule has 1 aromatic heterocycles. The fourth-order valence-corrected chi connectivity index (χ4v) is 2.41. The summed E-state index contributed by atoms with van der Waals surface area (Å²) in [5.41, 5.74) is 0. The topological polar surface area (TPSA) is 20.2 Å². The van der Waals surface area contributed by atoms with Gasteiger partial charge >= 0.3 is 0 Å². The number of aliphatic hydroxyl groups is 1. The van der Waals surface area contributed by atoms with E-state index in [4.69, 9.17) is 5.11 Å². The van der Waals surface area contributed by atoms with Crippen molar-refractivity contribution >= 4 is 11.3 Å². The molecule has 0 amide bonds. The Morgan fingerprint density at radius 1 is 1.58 bits per heavy atom. The molecule has 1 nitrogen and oxygen atoms in total. The summed E-state index contributed by atoms with van der Waals surface area (Å²) in [7, 11) is 0. The Hall–Kier alpha value is -0.480. The minimum absolute atomic E-state index is 0.421. The average molecular weight is 190 g/mol. The van der Waals surface area contributed by atoms with Crippen molar-refractivity contribution in [3.63, 3.8) is 0 Å². The first kappa shape index (κ1) is 8.13. The molecular formula is C8H8F2OS. The smallest absolute Gasteiger partial charge is 0.262 e. The summed E-state index contributed by atoms with van der Waals surface area (Å²) >= 11 is 1.32. The van der Waals surface area contributed by atoms with E-state index < -0.39 is 24.4 Å². The standard InChI is InChI=1S/C8H8F2OS/c9-8(10)5(4-11)7(8)6-2-1-3-12-6/h1-3,5,7,11H,4H2/t5-,7-/m1/s1. The highest BCUT2D eigenvalue weighted by molar-refractivity contribution is 7.10. The first-order chi connectivity index (χ1) is 5.68. The van der Waals surface area contributed by atoms with Crippen molar-refractivity contribution in [1.82, 2.24) is 0 Å². The molecule has 12 heavy (non-hydrogen) atoms. The van der Waals surface area contributed by atoms with Crippen LogP contribution in [0.25, 0.3) is 0 Å². The molecular weight excluding hydrogens is 182 g/mol. The van der Waals surface area contributed by atoms with Crippen molar-refractivity contribution in [2.45, 2.75) is 11.8 Å². The van der Waals surface area contributed by atoms with Crippen molar-refractivity contribution < 1.29 is 13.9 Å². The molecule has 1 N–H and O–H groups in total. The second-order valence-corrected chi connectivity index (χ2v) is 3.94. The molecule has 1 aliphatic rings. The van der Waals surface area contributed by atoms with Crippen LogP contribution in [0, 0.1) is 5.92 Å². The van der Waals surface area contributed by atoms with Crippen LogP contribution in [0.3, 0.4) is 0 Å². The molecule has 0 saturated heterocycles. The third-order valence-corrected chi connectivity index (χ3v) is 3.20. The second-order valence-electron chi connectivity index (χ2n) is 2.96. The number of hydrogen-bond donors (Lipinski definition) is 1. The maximum atomic E-state index is 12.9. The fourth-order valence-electron chi connectivity index (χ4n) is 1.47. The van der Waals surface area contributed by atoms with Gasteiger partial charge in [0.2, 0.25) is 0 Å². The molecule has 1 fully saturated rings. The number of thiophene rings is 1. The largest absolute Gasteiger partial charge is 0.396 e. The highest BCUT2D eigenvalue weighted by Gasteiger charge is 2.68. The first-order valence-electron chi connectivity index (χ1n) is 3.70. The van der Waals surface area contributed by atoms with Gasteiger partial charge in [-0.1, -0.05) is 6.07 Å². The summed E-state index contributed by atoms with van der Waals surface area (Å²) < 4.78 is 25.7. The van der Waals surface area contributed by atoms with E-state index >= 15 is 0 Å². The van der Waals surface area contributed by atoms with Crippen LogP contribution in [0.1, 0.15) is 10.8 Å². The SMILES string of the molecule is OC[C@@H]1[C@H](c2cccs2)C1(F)F. The third-order valence-electron chi connectivity index (χ3n) is 2.25. The van der Waals surface area contributed by atoms with Crippen molar-refractivity contribution in [3.8, 4) is 0 Å². The van der Waals surface area contributed by atoms with E-state index in [9.17, 15) is 8.78 Å². The molecule has 0 bridgehead atoms. The summed E-state index contributed by atoms with van der Waals surface area (Å²) in [5.74, 6) is -4.27. The molecule has 0 unspecified atom stereocenters. The zero-order valence-electron chi connectivity index (χ0n) is 6.21. The Labute approximate surface area is 72.7 Å². The molecule has 1 aliphatic carbocycles. The van der Waals surface area contributed by atoms with Gasteiger partial charge in [-0.2, -0.15) is 0 Å². The highest BCUT2D eigenvalue weighted by atomic mass is 32.1. The molecule has 4 heteroatoms. The van der Waals surface area contributed by atoms with Crippen molar-refractivity contribution in [2.75, 3.05) is 6.61 Å². The van der Waals surface area contributed by atoms with E-state index in [0.29, 0.717) is 4.88 Å². The summed E-state index contributed by atoms with van der Waals surface area (Å²) in [5, 5.41) is 10.4. The zero-order valence-corrected chi connectivity index (χ0v) is 7.02. The third kappa shape index (κ3) is 0.983. The minimum atomic E-state index is -2.68. The summed E-state index contributed by atoms with van der Waals surface area (Å²) in [6, 6.07) is 3.45. The molecule has 2 rings (SSSR count). The molecule has 2 atom stereocenters. The maximum Gasteiger partial charge on any atom is 0.262 e. The van der Waals surface area contributed by atoms with Gasteiger partial charge < -0.3 is 5.11 Å². The predicted octanol–water partition coefficient (Wildman–Crippen LogP) is 2.09. The van der Waals surface area contributed by atoms with E-state index in [1.54, 1.807) is 17.5 Å². The van der Waals surface area contributed by atoms with Gasteiger partial charge in [-0.05, 0) is 11.4 Å². The Morgan fingerprint density at radius 3 is 2.75 bits per heavy atom. The second kappa shape index (κ2) is 2.50. The fraction of sp³-hybridized carbons (Fsp3) is 0.500. The van der Waals surface area contributed by atoms with Crippen LogP contribution in [0.5, 0.6) is 0 Å². The van der Waals surface area contributed by atoms with Gasteiger partial charge in [0.15, 0.2) is 0 Å². The lowest BCUT2D eigenvalue weighted by atomic mass is 10.3.